The van der Waals surface area contributed by atoms with Crippen LogP contribution >= 0.6 is 23.2 Å². The molecule has 0 fully saturated rings. The third kappa shape index (κ3) is 3.63. The van der Waals surface area contributed by atoms with Crippen molar-refractivity contribution in [2.45, 2.75) is 31.2 Å². The van der Waals surface area contributed by atoms with Gasteiger partial charge in [-0.3, -0.25) is 4.79 Å². The molecule has 0 aliphatic heterocycles. The molecule has 0 saturated heterocycles. The van der Waals surface area contributed by atoms with Gasteiger partial charge in [0.2, 0.25) is 10.0 Å². The van der Waals surface area contributed by atoms with E-state index < -0.39 is 10.0 Å². The Morgan fingerprint density at radius 1 is 1.40 bits per heavy atom. The van der Waals surface area contributed by atoms with Crippen molar-refractivity contribution in [3.05, 3.63) is 27.7 Å². The van der Waals surface area contributed by atoms with Crippen molar-refractivity contribution in [2.24, 2.45) is 5.14 Å². The molecule has 0 aromatic heterocycles. The maximum absolute atomic E-state index is 12.3. The van der Waals surface area contributed by atoms with Crippen LogP contribution in [0.3, 0.4) is 0 Å². The molecule has 112 valence electrons. The van der Waals surface area contributed by atoms with Gasteiger partial charge in [-0.05, 0) is 25.5 Å². The van der Waals surface area contributed by atoms with Crippen molar-refractivity contribution in [1.82, 2.24) is 4.90 Å². The van der Waals surface area contributed by atoms with Gasteiger partial charge in [0.1, 0.15) is 4.90 Å². The van der Waals surface area contributed by atoms with Gasteiger partial charge in [-0.2, -0.15) is 0 Å². The summed E-state index contributed by atoms with van der Waals surface area (Å²) < 4.78 is 22.9. The fourth-order valence-electron chi connectivity index (χ4n) is 1.57. The second kappa shape index (κ2) is 6.30. The number of nitrogens with zero attached hydrogens (tertiary/aromatic N) is 1. The highest BCUT2D eigenvalue weighted by molar-refractivity contribution is 7.89. The molecule has 1 amide bonds. The Bertz CT molecular complexity index is 632. The van der Waals surface area contributed by atoms with Crippen LogP contribution < -0.4 is 5.14 Å². The summed E-state index contributed by atoms with van der Waals surface area (Å²) in [5.41, 5.74) is 0.131. The maximum atomic E-state index is 12.3. The third-order valence-corrected chi connectivity index (χ3v) is 4.97. The number of nitrogens with two attached hydrogens (primary N) is 1. The van der Waals surface area contributed by atoms with Crippen molar-refractivity contribution in [1.29, 1.82) is 0 Å². The molecule has 0 spiro atoms. The van der Waals surface area contributed by atoms with E-state index >= 15 is 0 Å². The number of rotatable bonds is 4. The number of hydrogen-bond donors (Lipinski definition) is 1. The Labute approximate surface area is 128 Å². The molecule has 2 N–H and O–H groups in total. The first-order valence-corrected chi connectivity index (χ1v) is 8.18. The molecule has 20 heavy (non-hydrogen) atoms. The van der Waals surface area contributed by atoms with E-state index in [1.807, 2.05) is 13.8 Å². The van der Waals surface area contributed by atoms with Crippen LogP contribution in [0.2, 0.25) is 10.0 Å². The van der Waals surface area contributed by atoms with E-state index in [2.05, 4.69) is 0 Å². The molecule has 8 heteroatoms. The lowest BCUT2D eigenvalue weighted by Gasteiger charge is -2.24. The number of amides is 1. The fourth-order valence-corrected chi connectivity index (χ4v) is 2.93. The van der Waals surface area contributed by atoms with Crippen LogP contribution in [0, 0.1) is 0 Å². The average Bonchev–Trinajstić information content (AvgIpc) is 2.37. The predicted molar refractivity (Wildman–Crippen MR) is 79.7 cm³/mol. The van der Waals surface area contributed by atoms with Gasteiger partial charge in [0.05, 0.1) is 10.0 Å². The highest BCUT2D eigenvalue weighted by atomic mass is 35.5. The molecule has 0 radical (unpaired) electrons. The highest BCUT2D eigenvalue weighted by Gasteiger charge is 2.22. The summed E-state index contributed by atoms with van der Waals surface area (Å²) in [6.45, 7) is 3.83. The van der Waals surface area contributed by atoms with Gasteiger partial charge < -0.3 is 4.90 Å². The lowest BCUT2D eigenvalue weighted by atomic mass is 10.1. The zero-order chi connectivity index (χ0) is 15.7. The first-order valence-electron chi connectivity index (χ1n) is 5.88. The van der Waals surface area contributed by atoms with Crippen LogP contribution in [-0.4, -0.2) is 32.3 Å². The first kappa shape index (κ1) is 17.2. The lowest BCUT2D eigenvalue weighted by molar-refractivity contribution is 0.0740. The number of sulfonamides is 1. The van der Waals surface area contributed by atoms with Gasteiger partial charge in [0.25, 0.3) is 5.91 Å². The van der Waals surface area contributed by atoms with Crippen LogP contribution in [0.15, 0.2) is 17.0 Å². The molecule has 5 nitrogen and oxygen atoms in total. The Balaban J connectivity index is 3.35. The molecule has 1 rings (SSSR count). The van der Waals surface area contributed by atoms with Gasteiger partial charge in [0, 0.05) is 18.7 Å². The fraction of sp³-hybridized carbons (Fsp3) is 0.417. The van der Waals surface area contributed by atoms with Crippen molar-refractivity contribution in [2.75, 3.05) is 7.05 Å². The molecule has 0 aliphatic rings. The number of carbonyl (C=O) groups excluding carboxylic acids is 1. The predicted octanol–water partition coefficient (Wildman–Crippen LogP) is 2.51. The summed E-state index contributed by atoms with van der Waals surface area (Å²) in [5, 5.41) is 4.85. The molecular weight excluding hydrogens is 323 g/mol. The van der Waals surface area contributed by atoms with Gasteiger partial charge in [0.15, 0.2) is 0 Å². The largest absolute Gasteiger partial charge is 0.339 e. The minimum absolute atomic E-state index is 0.00915. The lowest BCUT2D eigenvalue weighted by Crippen LogP contribution is -2.34. The van der Waals surface area contributed by atoms with Gasteiger partial charge in [-0.1, -0.05) is 30.1 Å². The molecule has 0 bridgehead atoms. The van der Waals surface area contributed by atoms with Crippen LogP contribution in [0.1, 0.15) is 30.6 Å². The van der Waals surface area contributed by atoms with Crippen LogP contribution in [-0.2, 0) is 10.0 Å². The monoisotopic (exact) mass is 338 g/mol. The minimum Gasteiger partial charge on any atom is -0.339 e. The number of halogens is 2. The summed E-state index contributed by atoms with van der Waals surface area (Å²) in [6, 6.07) is 2.49. The average molecular weight is 339 g/mol. The second-order valence-corrected chi connectivity index (χ2v) is 6.80. The molecule has 1 aromatic rings. The maximum Gasteiger partial charge on any atom is 0.253 e. The topological polar surface area (TPSA) is 80.5 Å². The third-order valence-electron chi connectivity index (χ3n) is 3.12. The van der Waals surface area contributed by atoms with Crippen molar-refractivity contribution < 1.29 is 13.2 Å². The SMILES string of the molecule is CCC(C)N(C)C(=O)c1cc(Cl)c(Cl)c(S(N)(=O)=O)c1. The molecule has 1 aromatic carbocycles. The summed E-state index contributed by atoms with van der Waals surface area (Å²) >= 11 is 11.7. The van der Waals surface area contributed by atoms with E-state index in [1.54, 1.807) is 7.05 Å². The van der Waals surface area contributed by atoms with Crippen molar-refractivity contribution >= 4 is 39.1 Å². The summed E-state index contributed by atoms with van der Waals surface area (Å²) in [4.78, 5) is 13.4. The summed E-state index contributed by atoms with van der Waals surface area (Å²) in [7, 11) is -2.42. The number of benzene rings is 1. The number of primary sulfonamides is 1. The Morgan fingerprint density at radius 2 is 1.95 bits per heavy atom. The zero-order valence-electron chi connectivity index (χ0n) is 11.4. The quantitative estimate of drug-likeness (QED) is 0.915. The smallest absolute Gasteiger partial charge is 0.253 e. The normalized spacial score (nSPS) is 13.1. The van der Waals surface area contributed by atoms with E-state index in [0.717, 1.165) is 12.5 Å². The Hall–Kier alpha value is -0.820. The molecule has 0 saturated carbocycles. The van der Waals surface area contributed by atoms with Crippen molar-refractivity contribution in [3.63, 3.8) is 0 Å². The number of carbonyl (C=O) groups is 1. The zero-order valence-corrected chi connectivity index (χ0v) is 13.7. The highest BCUT2D eigenvalue weighted by Crippen LogP contribution is 2.30. The molecular formula is C12H16Cl2N2O3S. The first-order chi connectivity index (χ1) is 9.09. The second-order valence-electron chi connectivity index (χ2n) is 4.49. The van der Waals surface area contributed by atoms with E-state index in [-0.39, 0.29) is 32.5 Å². The Morgan fingerprint density at radius 3 is 2.40 bits per heavy atom. The molecule has 0 aliphatic carbocycles. The van der Waals surface area contributed by atoms with E-state index in [1.165, 1.54) is 11.0 Å². The summed E-state index contributed by atoms with van der Waals surface area (Å²) in [6.07, 6.45) is 0.769. The van der Waals surface area contributed by atoms with Gasteiger partial charge in [-0.15, -0.1) is 0 Å². The van der Waals surface area contributed by atoms with Crippen LogP contribution in [0.25, 0.3) is 0 Å². The van der Waals surface area contributed by atoms with Crippen molar-refractivity contribution in [3.8, 4) is 0 Å². The standard InChI is InChI=1S/C12H16Cl2N2O3S/c1-4-7(2)16(3)12(17)8-5-9(13)11(14)10(6-8)20(15,18)19/h5-7H,4H2,1-3H3,(H2,15,18,19). The van der Waals surface area contributed by atoms with Gasteiger partial charge in [-0.25, -0.2) is 13.6 Å². The molecule has 0 heterocycles. The number of hydrogen-bond acceptors (Lipinski definition) is 3. The van der Waals surface area contributed by atoms with Gasteiger partial charge >= 0.3 is 0 Å². The van der Waals surface area contributed by atoms with E-state index in [0.29, 0.717) is 0 Å². The molecule has 1 unspecified atom stereocenters. The molecule has 1 atom stereocenters. The van der Waals surface area contributed by atoms with E-state index in [9.17, 15) is 13.2 Å². The Kier molecular flexibility index (Phi) is 5.43. The minimum atomic E-state index is -4.05. The summed E-state index contributed by atoms with van der Waals surface area (Å²) in [5.74, 6) is -0.345. The van der Waals surface area contributed by atoms with E-state index in [4.69, 9.17) is 28.3 Å². The van der Waals surface area contributed by atoms with Crippen LogP contribution in [0.4, 0.5) is 0 Å². The van der Waals surface area contributed by atoms with Crippen LogP contribution in [0.5, 0.6) is 0 Å².